The third-order valence-electron chi connectivity index (χ3n) is 4.73. The molecule has 0 saturated heterocycles. The maximum absolute atomic E-state index is 3.73. The smallest absolute Gasteiger partial charge is 0.0292 e. The fraction of sp³-hybridized carbons (Fsp3) is 0.667. The molecule has 1 unspecified atom stereocenters. The highest BCUT2D eigenvalue weighted by molar-refractivity contribution is 8.00. The summed E-state index contributed by atoms with van der Waals surface area (Å²) in [7, 11) is 0. The lowest BCUT2D eigenvalue weighted by molar-refractivity contribution is 0.334. The summed E-state index contributed by atoms with van der Waals surface area (Å²) in [6.45, 7) is 5.68. The van der Waals surface area contributed by atoms with Gasteiger partial charge in [0.05, 0.1) is 0 Å². The lowest BCUT2D eigenvalue weighted by atomic mass is 9.84. The van der Waals surface area contributed by atoms with Gasteiger partial charge in [-0.05, 0) is 50.0 Å². The van der Waals surface area contributed by atoms with Crippen molar-refractivity contribution in [2.75, 3.05) is 12.8 Å². The quantitative estimate of drug-likeness (QED) is 0.726. The molecule has 1 aromatic rings. The summed E-state index contributed by atoms with van der Waals surface area (Å²) in [5.74, 6) is 0. The minimum atomic E-state index is 0.458. The number of thioether (sulfide) groups is 1. The maximum Gasteiger partial charge on any atom is 0.0292 e. The molecule has 1 saturated carbocycles. The van der Waals surface area contributed by atoms with Crippen LogP contribution < -0.4 is 5.32 Å². The largest absolute Gasteiger partial charge is 0.309 e. The van der Waals surface area contributed by atoms with Crippen molar-refractivity contribution in [3.8, 4) is 0 Å². The minimum absolute atomic E-state index is 0.458. The Labute approximate surface area is 128 Å². The third-order valence-corrected chi connectivity index (χ3v) is 6.15. The Balaban J connectivity index is 1.84. The molecule has 1 N–H and O–H groups in total. The molecule has 1 fully saturated rings. The van der Waals surface area contributed by atoms with Gasteiger partial charge >= 0.3 is 0 Å². The second kappa shape index (κ2) is 7.51. The van der Waals surface area contributed by atoms with Gasteiger partial charge in [-0.15, -0.1) is 0 Å². The monoisotopic (exact) mass is 291 g/mol. The van der Waals surface area contributed by atoms with Crippen molar-refractivity contribution in [3.63, 3.8) is 0 Å². The molecule has 0 heterocycles. The number of benzene rings is 1. The second-order valence-electron chi connectivity index (χ2n) is 6.19. The summed E-state index contributed by atoms with van der Waals surface area (Å²) < 4.78 is 0.523. The maximum atomic E-state index is 3.73. The Morgan fingerprint density at radius 1 is 1.25 bits per heavy atom. The number of nitrogens with one attached hydrogen (secondary N) is 1. The first-order valence-electron chi connectivity index (χ1n) is 8.06. The number of hydrogen-bond donors (Lipinski definition) is 1. The Kier molecular flexibility index (Phi) is 5.98. The molecule has 1 aromatic carbocycles. The van der Waals surface area contributed by atoms with Gasteiger partial charge in [-0.3, -0.25) is 0 Å². The first kappa shape index (κ1) is 15.9. The predicted molar refractivity (Wildman–Crippen MR) is 91.6 cm³/mol. The van der Waals surface area contributed by atoms with E-state index in [1.54, 1.807) is 0 Å². The zero-order chi connectivity index (χ0) is 14.4. The van der Waals surface area contributed by atoms with E-state index in [1.165, 1.54) is 49.7 Å². The molecule has 1 atom stereocenters. The van der Waals surface area contributed by atoms with E-state index in [1.807, 2.05) is 11.8 Å². The van der Waals surface area contributed by atoms with Crippen molar-refractivity contribution in [3.05, 3.63) is 35.4 Å². The number of unbranched alkanes of at least 4 members (excludes halogenated alkanes) is 1. The molecule has 0 spiro atoms. The summed E-state index contributed by atoms with van der Waals surface area (Å²) in [5, 5.41) is 3.73. The molecule has 0 aromatic heterocycles. The van der Waals surface area contributed by atoms with E-state index in [9.17, 15) is 0 Å². The Morgan fingerprint density at radius 3 is 2.45 bits per heavy atom. The molecule has 2 heteroatoms. The van der Waals surface area contributed by atoms with Crippen LogP contribution in [-0.2, 0) is 6.42 Å². The van der Waals surface area contributed by atoms with Gasteiger partial charge in [0.1, 0.15) is 0 Å². The Bertz CT molecular complexity index is 389. The van der Waals surface area contributed by atoms with Gasteiger partial charge in [0.25, 0.3) is 0 Å². The summed E-state index contributed by atoms with van der Waals surface area (Å²) in [5.41, 5.74) is 2.89. The van der Waals surface area contributed by atoms with E-state index in [2.05, 4.69) is 49.7 Å². The molecule has 0 aliphatic heterocycles. The average molecular weight is 292 g/mol. The van der Waals surface area contributed by atoms with Crippen LogP contribution in [-0.4, -0.2) is 17.5 Å². The van der Waals surface area contributed by atoms with Crippen molar-refractivity contribution < 1.29 is 0 Å². The Hall–Kier alpha value is -0.470. The highest BCUT2D eigenvalue weighted by atomic mass is 32.2. The van der Waals surface area contributed by atoms with Crippen LogP contribution in [0.5, 0.6) is 0 Å². The van der Waals surface area contributed by atoms with Crippen molar-refractivity contribution in [1.82, 2.24) is 5.32 Å². The second-order valence-corrected chi connectivity index (χ2v) is 7.46. The van der Waals surface area contributed by atoms with Crippen LogP contribution in [0.25, 0.3) is 0 Å². The van der Waals surface area contributed by atoms with Gasteiger partial charge in [-0.25, -0.2) is 0 Å². The fourth-order valence-electron chi connectivity index (χ4n) is 2.84. The van der Waals surface area contributed by atoms with Crippen molar-refractivity contribution >= 4 is 11.8 Å². The molecular weight excluding hydrogens is 262 g/mol. The lowest BCUT2D eigenvalue weighted by Gasteiger charge is -2.41. The van der Waals surface area contributed by atoms with Gasteiger partial charge in [-0.1, -0.05) is 44.0 Å². The topological polar surface area (TPSA) is 12.0 Å². The minimum Gasteiger partial charge on any atom is -0.309 e. The van der Waals surface area contributed by atoms with Gasteiger partial charge < -0.3 is 5.32 Å². The molecule has 2 rings (SSSR count). The lowest BCUT2D eigenvalue weighted by Crippen LogP contribution is -2.43. The van der Waals surface area contributed by atoms with Crippen molar-refractivity contribution in [2.45, 2.75) is 63.2 Å². The molecule has 0 amide bonds. The van der Waals surface area contributed by atoms with Gasteiger partial charge in [0, 0.05) is 17.3 Å². The summed E-state index contributed by atoms with van der Waals surface area (Å²) in [6, 6.07) is 9.66. The van der Waals surface area contributed by atoms with E-state index in [-0.39, 0.29) is 0 Å². The summed E-state index contributed by atoms with van der Waals surface area (Å²) >= 11 is 2.05. The van der Waals surface area contributed by atoms with E-state index in [4.69, 9.17) is 0 Å². The van der Waals surface area contributed by atoms with E-state index in [0.29, 0.717) is 10.8 Å². The normalized spacial score (nSPS) is 18.6. The number of hydrogen-bond acceptors (Lipinski definition) is 2. The Morgan fingerprint density at radius 2 is 1.95 bits per heavy atom. The molecule has 0 radical (unpaired) electrons. The highest BCUT2D eigenvalue weighted by Crippen LogP contribution is 2.42. The predicted octanol–water partition coefficient (Wildman–Crippen LogP) is 4.97. The van der Waals surface area contributed by atoms with Crippen LogP contribution >= 0.6 is 11.8 Å². The van der Waals surface area contributed by atoms with Crippen LogP contribution in [0.1, 0.15) is 63.1 Å². The highest BCUT2D eigenvalue weighted by Gasteiger charge is 2.35. The first-order valence-corrected chi connectivity index (χ1v) is 9.29. The SMILES string of the molecule is CCCCc1ccc(C(C)NCC2(SC)CCC2)cc1. The fourth-order valence-corrected chi connectivity index (χ4v) is 3.76. The molecule has 1 nitrogen and oxygen atoms in total. The molecule has 20 heavy (non-hydrogen) atoms. The van der Waals surface area contributed by atoms with Gasteiger partial charge in [0.15, 0.2) is 0 Å². The van der Waals surface area contributed by atoms with E-state index in [0.717, 1.165) is 6.54 Å². The standard InChI is InChI=1S/C18H29NS/c1-4-5-7-16-8-10-17(11-9-16)15(2)19-14-18(20-3)12-6-13-18/h8-11,15,19H,4-7,12-14H2,1-3H3. The summed E-state index contributed by atoms with van der Waals surface area (Å²) in [6.07, 6.45) is 10.2. The van der Waals surface area contributed by atoms with Crippen LogP contribution in [0, 0.1) is 0 Å². The van der Waals surface area contributed by atoms with Crippen molar-refractivity contribution in [1.29, 1.82) is 0 Å². The van der Waals surface area contributed by atoms with Crippen molar-refractivity contribution in [2.24, 2.45) is 0 Å². The van der Waals surface area contributed by atoms with E-state index < -0.39 is 0 Å². The van der Waals surface area contributed by atoms with Crippen LogP contribution in [0.4, 0.5) is 0 Å². The molecule has 112 valence electrons. The molecule has 0 bridgehead atoms. The first-order chi connectivity index (χ1) is 9.69. The zero-order valence-electron chi connectivity index (χ0n) is 13.2. The molecular formula is C18H29NS. The van der Waals surface area contributed by atoms with Gasteiger partial charge in [-0.2, -0.15) is 11.8 Å². The van der Waals surface area contributed by atoms with Crippen LogP contribution in [0.15, 0.2) is 24.3 Å². The van der Waals surface area contributed by atoms with Gasteiger partial charge in [0.2, 0.25) is 0 Å². The van der Waals surface area contributed by atoms with E-state index >= 15 is 0 Å². The molecule has 1 aliphatic rings. The summed E-state index contributed by atoms with van der Waals surface area (Å²) in [4.78, 5) is 0. The zero-order valence-corrected chi connectivity index (χ0v) is 14.1. The number of rotatable bonds is 8. The average Bonchev–Trinajstić information content (AvgIpc) is 2.45. The van der Waals surface area contributed by atoms with Crippen LogP contribution in [0.3, 0.4) is 0 Å². The third kappa shape index (κ3) is 4.02. The molecule has 1 aliphatic carbocycles. The number of aryl methyl sites for hydroxylation is 1. The van der Waals surface area contributed by atoms with Crippen LogP contribution in [0.2, 0.25) is 0 Å².